The quantitative estimate of drug-likeness (QED) is 0.506. The van der Waals surface area contributed by atoms with E-state index in [1.165, 1.54) is 0 Å². The van der Waals surface area contributed by atoms with Gasteiger partial charge in [-0.1, -0.05) is 30.3 Å². The Morgan fingerprint density at radius 2 is 1.83 bits per heavy atom. The Morgan fingerprint density at radius 1 is 1.11 bits per heavy atom. The Morgan fingerprint density at radius 3 is 2.56 bits per heavy atom. The number of nitrogens with zero attached hydrogens (tertiary/aromatic N) is 1. The lowest BCUT2D eigenvalue weighted by Crippen LogP contribution is -2.04. The predicted molar refractivity (Wildman–Crippen MR) is 69.1 cm³/mol. The Kier molecular flexibility index (Phi) is 2.09. The van der Waals surface area contributed by atoms with Crippen molar-refractivity contribution < 1.29 is 4.79 Å². The number of carbonyl (C=O) groups is 1. The summed E-state index contributed by atoms with van der Waals surface area (Å²) in [4.78, 5) is 15.2. The van der Waals surface area contributed by atoms with Gasteiger partial charge < -0.3 is 16.5 Å². The number of H-pyrrole nitrogens is 2. The molecule has 0 aliphatic heterocycles. The molecule has 3 rings (SSSR count). The third-order valence-corrected chi connectivity index (χ3v) is 2.83. The molecule has 2 aromatic heterocycles. The number of aromatic nitrogens is 3. The molecule has 0 bridgehead atoms. The second-order valence-corrected chi connectivity index (χ2v) is 3.97. The van der Waals surface area contributed by atoms with Crippen LogP contribution in [0.15, 0.2) is 30.3 Å². The molecular formula is C12H11N5O. The molecule has 90 valence electrons. The van der Waals surface area contributed by atoms with Gasteiger partial charge >= 0.3 is 0 Å². The van der Waals surface area contributed by atoms with Crippen LogP contribution in [0.5, 0.6) is 0 Å². The zero-order chi connectivity index (χ0) is 12.7. The highest BCUT2D eigenvalue weighted by atomic mass is 16.1. The summed E-state index contributed by atoms with van der Waals surface area (Å²) in [6.07, 6.45) is 0. The number of fused-ring (bicyclic) bond motifs is 1. The summed E-state index contributed by atoms with van der Waals surface area (Å²) < 4.78 is 0. The zero-order valence-electron chi connectivity index (χ0n) is 9.40. The molecule has 2 heterocycles. The average molecular weight is 241 g/mol. The van der Waals surface area contributed by atoms with Crippen LogP contribution in [-0.4, -0.2) is 21.0 Å². The van der Waals surface area contributed by atoms with Crippen molar-refractivity contribution in [2.24, 2.45) is 0 Å². The Hall–Kier alpha value is -2.76. The molecule has 3 aromatic rings. The summed E-state index contributed by atoms with van der Waals surface area (Å²) in [7, 11) is 0. The van der Waals surface area contributed by atoms with E-state index >= 15 is 0 Å². The number of ketones is 1. The number of benzene rings is 1. The Balaban J connectivity index is 2.23. The smallest absolute Gasteiger partial charge is 0.197 e. The molecule has 0 atom stereocenters. The molecule has 0 unspecified atom stereocenters. The van der Waals surface area contributed by atoms with Crippen LogP contribution in [0.3, 0.4) is 0 Å². The molecule has 0 amide bonds. The van der Waals surface area contributed by atoms with Crippen LogP contribution in [0.1, 0.15) is 15.9 Å². The van der Waals surface area contributed by atoms with Crippen molar-refractivity contribution in [2.45, 2.75) is 0 Å². The summed E-state index contributed by atoms with van der Waals surface area (Å²) in [5.74, 6) is 0.437. The van der Waals surface area contributed by atoms with Crippen LogP contribution in [0.2, 0.25) is 0 Å². The third-order valence-electron chi connectivity index (χ3n) is 2.83. The largest absolute Gasteiger partial charge is 0.385 e. The van der Waals surface area contributed by atoms with E-state index in [1.807, 2.05) is 6.07 Å². The second kappa shape index (κ2) is 3.63. The van der Waals surface area contributed by atoms with E-state index in [4.69, 9.17) is 11.5 Å². The first kappa shape index (κ1) is 10.4. The molecule has 0 saturated carbocycles. The molecule has 0 aliphatic carbocycles. The predicted octanol–water partition coefficient (Wildman–Crippen LogP) is 1.29. The summed E-state index contributed by atoms with van der Waals surface area (Å²) in [6, 6.07) is 8.91. The highest BCUT2D eigenvalue weighted by Crippen LogP contribution is 2.29. The fraction of sp³-hybridized carbons (Fsp3) is 0. The summed E-state index contributed by atoms with van der Waals surface area (Å²) in [5.41, 5.74) is 13.0. The average Bonchev–Trinajstić information content (AvgIpc) is 2.89. The monoisotopic (exact) mass is 241 g/mol. The summed E-state index contributed by atoms with van der Waals surface area (Å²) in [5, 5.41) is 7.10. The lowest BCUT2D eigenvalue weighted by atomic mass is 10.0. The maximum atomic E-state index is 12.4. The van der Waals surface area contributed by atoms with Gasteiger partial charge in [0, 0.05) is 5.56 Å². The van der Waals surface area contributed by atoms with Crippen molar-refractivity contribution in [3.8, 4) is 0 Å². The number of nitrogens with two attached hydrogens (primary N) is 2. The van der Waals surface area contributed by atoms with Gasteiger partial charge in [-0.25, -0.2) is 0 Å². The first-order chi connectivity index (χ1) is 8.68. The molecule has 0 spiro atoms. The number of anilines is 2. The van der Waals surface area contributed by atoms with Crippen molar-refractivity contribution in [1.29, 1.82) is 0 Å². The zero-order valence-corrected chi connectivity index (χ0v) is 9.40. The van der Waals surface area contributed by atoms with Crippen molar-refractivity contribution >= 4 is 28.5 Å². The van der Waals surface area contributed by atoms with Crippen molar-refractivity contribution in [3.05, 3.63) is 41.5 Å². The molecule has 0 saturated heterocycles. The molecule has 6 nitrogen and oxygen atoms in total. The van der Waals surface area contributed by atoms with Crippen molar-refractivity contribution in [1.82, 2.24) is 15.2 Å². The number of nitrogens with one attached hydrogen (secondary N) is 2. The lowest BCUT2D eigenvalue weighted by Gasteiger charge is -2.00. The minimum Gasteiger partial charge on any atom is -0.385 e. The van der Waals surface area contributed by atoms with E-state index in [2.05, 4.69) is 15.2 Å². The number of hydrogen-bond acceptors (Lipinski definition) is 4. The minimum atomic E-state index is -0.174. The normalized spacial score (nSPS) is 10.9. The van der Waals surface area contributed by atoms with Crippen LogP contribution >= 0.6 is 0 Å². The lowest BCUT2D eigenvalue weighted by molar-refractivity contribution is 0.104. The number of rotatable bonds is 2. The van der Waals surface area contributed by atoms with E-state index < -0.39 is 0 Å². The molecule has 0 radical (unpaired) electrons. The van der Waals surface area contributed by atoms with Gasteiger partial charge in [-0.15, -0.1) is 0 Å². The number of aromatic amines is 2. The fourth-order valence-electron chi connectivity index (χ4n) is 1.99. The van der Waals surface area contributed by atoms with E-state index in [0.29, 0.717) is 28.0 Å². The molecule has 6 heteroatoms. The van der Waals surface area contributed by atoms with Gasteiger partial charge in [0.05, 0.1) is 10.9 Å². The third kappa shape index (κ3) is 1.36. The maximum Gasteiger partial charge on any atom is 0.197 e. The van der Waals surface area contributed by atoms with E-state index in [-0.39, 0.29) is 11.6 Å². The summed E-state index contributed by atoms with van der Waals surface area (Å²) in [6.45, 7) is 0. The van der Waals surface area contributed by atoms with Gasteiger partial charge in [-0.3, -0.25) is 9.89 Å². The molecule has 0 aliphatic rings. The molecular weight excluding hydrogens is 230 g/mol. The highest BCUT2D eigenvalue weighted by molar-refractivity contribution is 6.21. The molecule has 0 fully saturated rings. The van der Waals surface area contributed by atoms with Gasteiger partial charge in [0.15, 0.2) is 11.4 Å². The van der Waals surface area contributed by atoms with Crippen molar-refractivity contribution in [3.63, 3.8) is 0 Å². The number of carbonyl (C=O) groups excluding carboxylic acids is 1. The van der Waals surface area contributed by atoms with Gasteiger partial charge in [-0.05, 0) is 0 Å². The first-order valence-corrected chi connectivity index (χ1v) is 5.39. The van der Waals surface area contributed by atoms with Crippen LogP contribution in [0.25, 0.3) is 11.0 Å². The topological polar surface area (TPSA) is 114 Å². The van der Waals surface area contributed by atoms with Gasteiger partial charge in [0.1, 0.15) is 11.6 Å². The maximum absolute atomic E-state index is 12.4. The van der Waals surface area contributed by atoms with Crippen LogP contribution in [-0.2, 0) is 0 Å². The van der Waals surface area contributed by atoms with Gasteiger partial charge in [0.25, 0.3) is 0 Å². The van der Waals surface area contributed by atoms with Crippen LogP contribution < -0.4 is 11.5 Å². The Bertz CT molecular complexity index is 726. The van der Waals surface area contributed by atoms with Gasteiger partial charge in [-0.2, -0.15) is 5.10 Å². The molecule has 1 aromatic carbocycles. The standard InChI is InChI=1S/C12H11N5O/c13-10-7(8-11(14)16-17-12(8)15-10)9(18)6-4-2-1-3-5-6/h1-5H,13H2,(H4,14,15,16,17). The van der Waals surface area contributed by atoms with Crippen LogP contribution in [0, 0.1) is 0 Å². The highest BCUT2D eigenvalue weighted by Gasteiger charge is 2.21. The van der Waals surface area contributed by atoms with Crippen molar-refractivity contribution in [2.75, 3.05) is 11.5 Å². The van der Waals surface area contributed by atoms with Gasteiger partial charge in [0.2, 0.25) is 0 Å². The summed E-state index contributed by atoms with van der Waals surface area (Å²) >= 11 is 0. The molecule has 6 N–H and O–H groups in total. The number of nitrogen functional groups attached to an aromatic ring is 2. The first-order valence-electron chi connectivity index (χ1n) is 5.39. The minimum absolute atomic E-state index is 0.174. The number of hydrogen-bond donors (Lipinski definition) is 4. The molecule has 18 heavy (non-hydrogen) atoms. The fourth-order valence-corrected chi connectivity index (χ4v) is 1.99. The Labute approximate surface area is 102 Å². The van der Waals surface area contributed by atoms with E-state index in [0.717, 1.165) is 0 Å². The van der Waals surface area contributed by atoms with E-state index in [1.54, 1.807) is 24.3 Å². The second-order valence-electron chi connectivity index (χ2n) is 3.97. The van der Waals surface area contributed by atoms with E-state index in [9.17, 15) is 4.79 Å². The van der Waals surface area contributed by atoms with Crippen LogP contribution in [0.4, 0.5) is 11.6 Å². The SMILES string of the molecule is Nc1[nH]c2n[nH]c(N)c2c1C(=O)c1ccccc1.